The topological polar surface area (TPSA) is 62.3 Å². The molecule has 2 N–H and O–H groups in total. The normalized spacial score (nSPS) is 16.3. The van der Waals surface area contributed by atoms with E-state index in [9.17, 15) is 0 Å². The first kappa shape index (κ1) is 14.0. The molecule has 106 valence electrons. The van der Waals surface area contributed by atoms with E-state index < -0.39 is 0 Å². The predicted octanol–water partition coefficient (Wildman–Crippen LogP) is 0.723. The lowest BCUT2D eigenvalue weighted by molar-refractivity contribution is 0.0394. The molecule has 1 aliphatic heterocycles. The molecule has 0 bridgehead atoms. The summed E-state index contributed by atoms with van der Waals surface area (Å²) in [5.41, 5.74) is 0. The van der Waals surface area contributed by atoms with Crippen LogP contribution in [0.3, 0.4) is 0 Å². The van der Waals surface area contributed by atoms with Crippen molar-refractivity contribution in [2.24, 2.45) is 0 Å². The summed E-state index contributed by atoms with van der Waals surface area (Å²) in [5.74, 6) is 1.55. The first-order valence-corrected chi connectivity index (χ1v) is 6.82. The van der Waals surface area contributed by atoms with Crippen molar-refractivity contribution in [2.75, 3.05) is 50.6 Å². The highest BCUT2D eigenvalue weighted by atomic mass is 16.5. The Morgan fingerprint density at radius 2 is 2.21 bits per heavy atom. The predicted molar refractivity (Wildman–Crippen MR) is 76.7 cm³/mol. The van der Waals surface area contributed by atoms with E-state index in [1.807, 2.05) is 25.1 Å². The second-order valence-electron chi connectivity index (χ2n) is 4.88. The molecular weight excluding hydrogens is 242 g/mol. The molecule has 6 nitrogen and oxygen atoms in total. The summed E-state index contributed by atoms with van der Waals surface area (Å²) in [6, 6.07) is 1.87. The molecule has 1 fully saturated rings. The minimum Gasteiger partial charge on any atom is -0.376 e. The van der Waals surface area contributed by atoms with Crippen LogP contribution in [0.4, 0.5) is 11.8 Å². The fourth-order valence-electron chi connectivity index (χ4n) is 2.03. The van der Waals surface area contributed by atoms with Crippen molar-refractivity contribution in [1.29, 1.82) is 0 Å². The highest BCUT2D eigenvalue weighted by Gasteiger charge is 2.12. The Labute approximate surface area is 114 Å². The van der Waals surface area contributed by atoms with Crippen LogP contribution in [-0.2, 0) is 4.74 Å². The molecular formula is C13H23N5O. The number of rotatable bonds is 6. The first-order valence-electron chi connectivity index (χ1n) is 6.82. The fourth-order valence-corrected chi connectivity index (χ4v) is 2.03. The van der Waals surface area contributed by atoms with Gasteiger partial charge in [-0.3, -0.25) is 0 Å². The summed E-state index contributed by atoms with van der Waals surface area (Å²) in [6.07, 6.45) is 4.39. The van der Waals surface area contributed by atoms with E-state index in [-0.39, 0.29) is 0 Å². The zero-order valence-corrected chi connectivity index (χ0v) is 11.7. The van der Waals surface area contributed by atoms with Gasteiger partial charge in [-0.15, -0.1) is 0 Å². The Morgan fingerprint density at radius 1 is 1.42 bits per heavy atom. The molecule has 2 heterocycles. The molecule has 0 atom stereocenters. The van der Waals surface area contributed by atoms with Gasteiger partial charge < -0.3 is 20.3 Å². The van der Waals surface area contributed by atoms with Crippen LogP contribution in [0.5, 0.6) is 0 Å². The van der Waals surface area contributed by atoms with Gasteiger partial charge in [-0.25, -0.2) is 4.98 Å². The lowest BCUT2D eigenvalue weighted by Crippen LogP contribution is -2.33. The van der Waals surface area contributed by atoms with Gasteiger partial charge in [0.25, 0.3) is 0 Å². The molecule has 0 unspecified atom stereocenters. The maximum Gasteiger partial charge on any atom is 0.226 e. The van der Waals surface area contributed by atoms with Crippen molar-refractivity contribution in [2.45, 2.75) is 18.9 Å². The van der Waals surface area contributed by atoms with Gasteiger partial charge in [0.15, 0.2) is 0 Å². The number of ether oxygens (including phenoxy) is 1. The standard InChI is InChI=1S/C13H23N5O/c1-18(2)13-16-8-5-12(17-13)15-9-10-19-11-3-6-14-7-4-11/h5,8,11,14H,3-4,6-7,9-10H2,1-2H3,(H,15,16,17). The fraction of sp³-hybridized carbons (Fsp3) is 0.692. The van der Waals surface area contributed by atoms with Crippen molar-refractivity contribution in [3.8, 4) is 0 Å². The van der Waals surface area contributed by atoms with Gasteiger partial charge >= 0.3 is 0 Å². The number of piperidine rings is 1. The third-order valence-electron chi connectivity index (χ3n) is 3.09. The lowest BCUT2D eigenvalue weighted by atomic mass is 10.1. The highest BCUT2D eigenvalue weighted by molar-refractivity contribution is 5.40. The Hall–Kier alpha value is -1.40. The molecule has 1 aliphatic rings. The third kappa shape index (κ3) is 4.65. The van der Waals surface area contributed by atoms with Crippen LogP contribution < -0.4 is 15.5 Å². The van der Waals surface area contributed by atoms with Crippen LogP contribution in [0.1, 0.15) is 12.8 Å². The molecule has 6 heteroatoms. The molecule has 0 aromatic carbocycles. The molecule has 1 aromatic heterocycles. The maximum atomic E-state index is 5.83. The summed E-state index contributed by atoms with van der Waals surface area (Å²) in [7, 11) is 3.86. The van der Waals surface area contributed by atoms with Crippen LogP contribution >= 0.6 is 0 Å². The molecule has 2 rings (SSSR count). The van der Waals surface area contributed by atoms with E-state index in [2.05, 4.69) is 20.6 Å². The van der Waals surface area contributed by atoms with Crippen LogP contribution in [0.25, 0.3) is 0 Å². The van der Waals surface area contributed by atoms with E-state index in [0.717, 1.165) is 38.3 Å². The molecule has 0 aliphatic carbocycles. The number of hydrogen-bond donors (Lipinski definition) is 2. The highest BCUT2D eigenvalue weighted by Crippen LogP contribution is 2.09. The van der Waals surface area contributed by atoms with Crippen LogP contribution in [-0.4, -0.2) is 56.4 Å². The van der Waals surface area contributed by atoms with E-state index in [1.54, 1.807) is 6.20 Å². The molecule has 1 saturated heterocycles. The van der Waals surface area contributed by atoms with Crippen molar-refractivity contribution >= 4 is 11.8 Å². The molecule has 1 aromatic rings. The van der Waals surface area contributed by atoms with Gasteiger partial charge in [0.1, 0.15) is 5.82 Å². The van der Waals surface area contributed by atoms with Crippen molar-refractivity contribution < 1.29 is 4.74 Å². The first-order chi connectivity index (χ1) is 9.25. The number of hydrogen-bond acceptors (Lipinski definition) is 6. The number of anilines is 2. The summed E-state index contributed by atoms with van der Waals surface area (Å²) in [5, 5.41) is 6.59. The number of nitrogens with one attached hydrogen (secondary N) is 2. The van der Waals surface area contributed by atoms with Gasteiger partial charge in [0.2, 0.25) is 5.95 Å². The van der Waals surface area contributed by atoms with Crippen molar-refractivity contribution in [3.05, 3.63) is 12.3 Å². The Balaban J connectivity index is 1.68. The van der Waals surface area contributed by atoms with Crippen molar-refractivity contribution in [1.82, 2.24) is 15.3 Å². The van der Waals surface area contributed by atoms with Gasteiger partial charge in [0.05, 0.1) is 12.7 Å². The zero-order valence-electron chi connectivity index (χ0n) is 11.7. The Kier molecular flexibility index (Phi) is 5.35. The number of nitrogens with zero attached hydrogens (tertiary/aromatic N) is 3. The largest absolute Gasteiger partial charge is 0.376 e. The second kappa shape index (κ2) is 7.25. The average molecular weight is 265 g/mol. The monoisotopic (exact) mass is 265 g/mol. The third-order valence-corrected chi connectivity index (χ3v) is 3.09. The molecule has 19 heavy (non-hydrogen) atoms. The Morgan fingerprint density at radius 3 is 2.95 bits per heavy atom. The Bertz CT molecular complexity index is 379. The SMILES string of the molecule is CN(C)c1nccc(NCCOC2CCNCC2)n1. The minimum atomic E-state index is 0.408. The second-order valence-corrected chi connectivity index (χ2v) is 4.88. The molecule has 0 saturated carbocycles. The van der Waals surface area contributed by atoms with Gasteiger partial charge in [-0.1, -0.05) is 0 Å². The smallest absolute Gasteiger partial charge is 0.226 e. The minimum absolute atomic E-state index is 0.408. The van der Waals surface area contributed by atoms with Gasteiger partial charge in [0, 0.05) is 26.8 Å². The summed E-state index contributed by atoms with van der Waals surface area (Å²) in [4.78, 5) is 10.5. The molecule has 0 radical (unpaired) electrons. The average Bonchev–Trinajstić information content (AvgIpc) is 2.45. The number of aromatic nitrogens is 2. The molecule has 0 amide bonds. The quantitative estimate of drug-likeness (QED) is 0.739. The van der Waals surface area contributed by atoms with Crippen LogP contribution in [0.15, 0.2) is 12.3 Å². The van der Waals surface area contributed by atoms with Crippen LogP contribution in [0, 0.1) is 0 Å². The van der Waals surface area contributed by atoms with Crippen molar-refractivity contribution in [3.63, 3.8) is 0 Å². The summed E-state index contributed by atoms with van der Waals surface area (Å²) < 4.78 is 5.83. The maximum absolute atomic E-state index is 5.83. The van der Waals surface area contributed by atoms with Gasteiger partial charge in [-0.05, 0) is 32.0 Å². The van der Waals surface area contributed by atoms with Crippen LogP contribution in [0.2, 0.25) is 0 Å². The zero-order chi connectivity index (χ0) is 13.5. The van der Waals surface area contributed by atoms with E-state index in [4.69, 9.17) is 4.74 Å². The van der Waals surface area contributed by atoms with Gasteiger partial charge in [-0.2, -0.15) is 4.98 Å². The molecule has 0 spiro atoms. The lowest BCUT2D eigenvalue weighted by Gasteiger charge is -2.23. The van der Waals surface area contributed by atoms with E-state index in [1.165, 1.54) is 0 Å². The van der Waals surface area contributed by atoms with E-state index >= 15 is 0 Å². The summed E-state index contributed by atoms with van der Waals surface area (Å²) in [6.45, 7) is 3.62. The van der Waals surface area contributed by atoms with E-state index in [0.29, 0.717) is 18.7 Å². The summed E-state index contributed by atoms with van der Waals surface area (Å²) >= 11 is 0.